The van der Waals surface area contributed by atoms with E-state index in [4.69, 9.17) is 0 Å². The molecule has 3 rings (SSSR count). The highest BCUT2D eigenvalue weighted by atomic mass is 15.2. The fraction of sp³-hybridized carbons (Fsp3) is 0.308. The Morgan fingerprint density at radius 3 is 2.89 bits per heavy atom. The van der Waals surface area contributed by atoms with Crippen LogP contribution in [-0.4, -0.2) is 34.6 Å². The molecular weight excluding hydrogens is 226 g/mol. The van der Waals surface area contributed by atoms with E-state index in [-0.39, 0.29) is 0 Å². The largest absolute Gasteiger partial charge is 0.369 e. The summed E-state index contributed by atoms with van der Waals surface area (Å²) < 4.78 is 0. The van der Waals surface area contributed by atoms with E-state index in [1.807, 2.05) is 0 Å². The molecule has 0 saturated carbocycles. The van der Waals surface area contributed by atoms with Gasteiger partial charge in [0, 0.05) is 25.3 Å². The molecular formula is C13H15N5. The summed E-state index contributed by atoms with van der Waals surface area (Å²) in [4.78, 5) is 14.3. The number of aromatic nitrogens is 3. The Morgan fingerprint density at radius 2 is 2.00 bits per heavy atom. The Bertz CT molecular complexity index is 514. The minimum atomic E-state index is 0.637. The Balaban J connectivity index is 1.56. The van der Waals surface area contributed by atoms with Gasteiger partial charge in [0.15, 0.2) is 0 Å². The quantitative estimate of drug-likeness (QED) is 0.875. The van der Waals surface area contributed by atoms with Crippen LogP contribution in [0.25, 0.3) is 0 Å². The molecule has 2 aromatic rings. The maximum absolute atomic E-state index is 4.04. The third kappa shape index (κ3) is 2.25. The van der Waals surface area contributed by atoms with Gasteiger partial charge in [0.1, 0.15) is 12.7 Å². The number of nitrogens with one attached hydrogen (secondary N) is 1. The first kappa shape index (κ1) is 11.0. The van der Waals surface area contributed by atoms with Crippen LogP contribution in [0, 0.1) is 0 Å². The second-order valence-corrected chi connectivity index (χ2v) is 4.25. The number of nitrogens with zero attached hydrogens (tertiary/aromatic N) is 4. The van der Waals surface area contributed by atoms with Gasteiger partial charge in [0.25, 0.3) is 0 Å². The summed E-state index contributed by atoms with van der Waals surface area (Å²) in [5, 5.41) is 3.20. The third-order valence-electron chi connectivity index (χ3n) is 3.14. The number of hydrogen-bond donors (Lipinski definition) is 1. The zero-order chi connectivity index (χ0) is 12.2. The lowest BCUT2D eigenvalue weighted by atomic mass is 10.2. The molecule has 0 aliphatic carbocycles. The summed E-state index contributed by atoms with van der Waals surface area (Å²) in [5.41, 5.74) is 2.80. The first-order valence-corrected chi connectivity index (χ1v) is 6.12. The van der Waals surface area contributed by atoms with Crippen molar-refractivity contribution < 1.29 is 0 Å². The predicted molar refractivity (Wildman–Crippen MR) is 70.7 cm³/mol. The average Bonchev–Trinajstić information content (AvgIpc) is 2.84. The summed E-state index contributed by atoms with van der Waals surface area (Å²) in [6, 6.07) is 8.59. The Labute approximate surface area is 106 Å². The topological polar surface area (TPSA) is 53.9 Å². The van der Waals surface area contributed by atoms with Gasteiger partial charge in [0.05, 0.1) is 0 Å². The van der Waals surface area contributed by atoms with Crippen LogP contribution in [0.4, 0.5) is 11.6 Å². The van der Waals surface area contributed by atoms with E-state index in [0.717, 1.165) is 26.1 Å². The van der Waals surface area contributed by atoms with Crippen molar-refractivity contribution in [2.75, 3.05) is 29.9 Å². The third-order valence-corrected chi connectivity index (χ3v) is 3.14. The molecule has 0 atom stereocenters. The SMILES string of the molecule is c1ccc2c(c1)CCN2CCNc1ncncn1. The van der Waals surface area contributed by atoms with Gasteiger partial charge in [0.2, 0.25) is 5.95 Å². The van der Waals surface area contributed by atoms with E-state index in [0.29, 0.717) is 5.95 Å². The van der Waals surface area contributed by atoms with Crippen molar-refractivity contribution in [2.24, 2.45) is 0 Å². The van der Waals surface area contributed by atoms with Crippen LogP contribution in [0.5, 0.6) is 0 Å². The molecule has 1 N–H and O–H groups in total. The molecule has 5 heteroatoms. The Kier molecular flexibility index (Phi) is 3.04. The molecule has 0 fully saturated rings. The minimum absolute atomic E-state index is 0.637. The van der Waals surface area contributed by atoms with Crippen molar-refractivity contribution in [1.29, 1.82) is 0 Å². The second kappa shape index (κ2) is 5.00. The molecule has 0 radical (unpaired) electrons. The molecule has 0 amide bonds. The maximum Gasteiger partial charge on any atom is 0.225 e. The lowest BCUT2D eigenvalue weighted by Gasteiger charge is -2.19. The van der Waals surface area contributed by atoms with Gasteiger partial charge in [-0.15, -0.1) is 0 Å². The summed E-state index contributed by atoms with van der Waals surface area (Å²) in [7, 11) is 0. The van der Waals surface area contributed by atoms with Crippen molar-refractivity contribution in [3.05, 3.63) is 42.5 Å². The van der Waals surface area contributed by atoms with Gasteiger partial charge in [-0.2, -0.15) is 0 Å². The second-order valence-electron chi connectivity index (χ2n) is 4.25. The van der Waals surface area contributed by atoms with Crippen molar-refractivity contribution >= 4 is 11.6 Å². The smallest absolute Gasteiger partial charge is 0.225 e. The van der Waals surface area contributed by atoms with E-state index in [9.17, 15) is 0 Å². The van der Waals surface area contributed by atoms with Gasteiger partial charge in [-0.3, -0.25) is 0 Å². The van der Waals surface area contributed by atoms with Crippen LogP contribution >= 0.6 is 0 Å². The van der Waals surface area contributed by atoms with Crippen molar-refractivity contribution in [3.8, 4) is 0 Å². The van der Waals surface area contributed by atoms with E-state index in [2.05, 4.69) is 49.4 Å². The van der Waals surface area contributed by atoms with Gasteiger partial charge in [-0.1, -0.05) is 18.2 Å². The standard InChI is InChI=1S/C13H15N5/c1-2-4-12-11(3-1)5-7-18(12)8-6-15-13-16-9-14-10-17-13/h1-4,9-10H,5-8H2,(H,14,15,16,17). The first-order valence-electron chi connectivity index (χ1n) is 6.12. The normalized spacial score (nSPS) is 13.4. The van der Waals surface area contributed by atoms with Gasteiger partial charge in [-0.25, -0.2) is 15.0 Å². The van der Waals surface area contributed by atoms with Crippen molar-refractivity contribution in [2.45, 2.75) is 6.42 Å². The fourth-order valence-corrected chi connectivity index (χ4v) is 2.27. The molecule has 5 nitrogen and oxygen atoms in total. The van der Waals surface area contributed by atoms with Gasteiger partial charge in [-0.05, 0) is 18.1 Å². The minimum Gasteiger partial charge on any atom is -0.369 e. The zero-order valence-electron chi connectivity index (χ0n) is 10.1. The molecule has 0 spiro atoms. The fourth-order valence-electron chi connectivity index (χ4n) is 2.27. The Morgan fingerprint density at radius 1 is 1.17 bits per heavy atom. The molecule has 1 aliphatic rings. The molecule has 0 unspecified atom stereocenters. The van der Waals surface area contributed by atoms with Crippen LogP contribution in [-0.2, 0) is 6.42 Å². The summed E-state index contributed by atoms with van der Waals surface area (Å²) in [6.07, 6.45) is 4.14. The molecule has 1 aliphatic heterocycles. The highest BCUT2D eigenvalue weighted by Gasteiger charge is 2.17. The van der Waals surface area contributed by atoms with Crippen LogP contribution in [0.1, 0.15) is 5.56 Å². The maximum atomic E-state index is 4.04. The molecule has 18 heavy (non-hydrogen) atoms. The van der Waals surface area contributed by atoms with E-state index < -0.39 is 0 Å². The number of anilines is 2. The first-order chi connectivity index (χ1) is 8.93. The van der Waals surface area contributed by atoms with Crippen LogP contribution < -0.4 is 10.2 Å². The van der Waals surface area contributed by atoms with Crippen molar-refractivity contribution in [3.63, 3.8) is 0 Å². The summed E-state index contributed by atoms with van der Waals surface area (Å²) in [5.74, 6) is 0.637. The monoisotopic (exact) mass is 241 g/mol. The van der Waals surface area contributed by atoms with Gasteiger partial charge < -0.3 is 10.2 Å². The average molecular weight is 241 g/mol. The molecule has 1 aromatic carbocycles. The summed E-state index contributed by atoms with van der Waals surface area (Å²) in [6.45, 7) is 2.89. The molecule has 1 aromatic heterocycles. The highest BCUT2D eigenvalue weighted by molar-refractivity contribution is 5.57. The number of hydrogen-bond acceptors (Lipinski definition) is 5. The molecule has 2 heterocycles. The lowest BCUT2D eigenvalue weighted by Crippen LogP contribution is -2.27. The molecule has 0 saturated heterocycles. The van der Waals surface area contributed by atoms with Crippen LogP contribution in [0.3, 0.4) is 0 Å². The van der Waals surface area contributed by atoms with Crippen LogP contribution in [0.15, 0.2) is 36.9 Å². The van der Waals surface area contributed by atoms with Gasteiger partial charge >= 0.3 is 0 Å². The Hall–Kier alpha value is -2.17. The van der Waals surface area contributed by atoms with Crippen molar-refractivity contribution in [1.82, 2.24) is 15.0 Å². The number of rotatable bonds is 4. The zero-order valence-corrected chi connectivity index (χ0v) is 10.1. The lowest BCUT2D eigenvalue weighted by molar-refractivity contribution is 0.832. The van der Waals surface area contributed by atoms with Crippen LogP contribution in [0.2, 0.25) is 0 Å². The van der Waals surface area contributed by atoms with E-state index in [1.165, 1.54) is 23.9 Å². The van der Waals surface area contributed by atoms with E-state index in [1.54, 1.807) is 0 Å². The highest BCUT2D eigenvalue weighted by Crippen LogP contribution is 2.26. The predicted octanol–water partition coefficient (Wildman–Crippen LogP) is 1.35. The number of fused-ring (bicyclic) bond motifs is 1. The molecule has 0 bridgehead atoms. The number of benzene rings is 1. The summed E-state index contributed by atoms with van der Waals surface area (Å²) >= 11 is 0. The molecule has 92 valence electrons. The number of para-hydroxylation sites is 1. The van der Waals surface area contributed by atoms with E-state index >= 15 is 0 Å².